The molecule has 3 heterocycles. The van der Waals surface area contributed by atoms with Crippen LogP contribution in [-0.4, -0.2) is 59.1 Å². The summed E-state index contributed by atoms with van der Waals surface area (Å²) in [5.74, 6) is -1.35. The number of nitrogens with zero attached hydrogens (tertiary/aromatic N) is 2. The molecule has 8 nitrogen and oxygen atoms in total. The highest BCUT2D eigenvalue weighted by Crippen LogP contribution is 2.35. The average molecular weight is 564 g/mol. The van der Waals surface area contributed by atoms with Gasteiger partial charge in [-0.2, -0.15) is 13.2 Å². The second-order valence-electron chi connectivity index (χ2n) is 9.11. The van der Waals surface area contributed by atoms with Crippen molar-refractivity contribution < 1.29 is 27.8 Å². The number of ether oxygens (including phenoxy) is 1. The molecule has 0 atom stereocenters. The minimum Gasteiger partial charge on any atom is -0.475 e. The molecule has 0 aromatic carbocycles. The lowest BCUT2D eigenvalue weighted by molar-refractivity contribution is -0.192. The standard InChI is InChI=1S/C22H29Cl2N5O.C2HF3O2/c23-20-13-27-21(29-16-3-1-15(25)2-4-16)10-18(20)19-9-17(12-28-22(19)24)26-11-14-5-7-30-8-6-14;3-2(4,5)1(6)7/h9-10,12-16,26H,1-8,11,25H2,(H,27,29);(H,6,7). The van der Waals surface area contributed by atoms with Crippen LogP contribution < -0.4 is 16.4 Å². The van der Waals surface area contributed by atoms with Gasteiger partial charge in [-0.05, 0) is 56.6 Å². The number of alkyl halides is 3. The normalized spacial score (nSPS) is 20.5. The van der Waals surface area contributed by atoms with E-state index in [1.165, 1.54) is 0 Å². The summed E-state index contributed by atoms with van der Waals surface area (Å²) >= 11 is 12.9. The Morgan fingerprint density at radius 2 is 1.70 bits per heavy atom. The number of aliphatic carboxylic acids is 1. The zero-order valence-corrected chi connectivity index (χ0v) is 21.5. The highest BCUT2D eigenvalue weighted by atomic mass is 35.5. The molecule has 5 N–H and O–H groups in total. The van der Waals surface area contributed by atoms with Gasteiger partial charge in [-0.3, -0.25) is 0 Å². The molecule has 2 aliphatic rings. The maximum Gasteiger partial charge on any atom is 0.490 e. The largest absolute Gasteiger partial charge is 0.490 e. The summed E-state index contributed by atoms with van der Waals surface area (Å²) < 4.78 is 37.2. The Morgan fingerprint density at radius 1 is 1.05 bits per heavy atom. The molecule has 1 aliphatic heterocycles. The van der Waals surface area contributed by atoms with Gasteiger partial charge in [-0.15, -0.1) is 0 Å². The van der Waals surface area contributed by atoms with E-state index in [0.717, 1.165) is 80.9 Å². The molecule has 0 amide bonds. The van der Waals surface area contributed by atoms with Crippen LogP contribution in [0.25, 0.3) is 11.1 Å². The van der Waals surface area contributed by atoms with Gasteiger partial charge in [0.2, 0.25) is 0 Å². The van der Waals surface area contributed by atoms with E-state index in [2.05, 4.69) is 20.6 Å². The Labute approximate surface area is 223 Å². The zero-order chi connectivity index (χ0) is 27.0. The first-order valence-corrected chi connectivity index (χ1v) is 12.7. The van der Waals surface area contributed by atoms with Gasteiger partial charge in [0.15, 0.2) is 0 Å². The highest BCUT2D eigenvalue weighted by molar-refractivity contribution is 6.36. The molecule has 0 radical (unpaired) electrons. The molecule has 0 spiro atoms. The van der Waals surface area contributed by atoms with Gasteiger partial charge in [0.1, 0.15) is 11.0 Å². The number of carboxylic acids is 1. The van der Waals surface area contributed by atoms with Crippen molar-refractivity contribution in [3.8, 4) is 11.1 Å². The Bertz CT molecular complexity index is 1050. The second kappa shape index (κ2) is 13.5. The van der Waals surface area contributed by atoms with Gasteiger partial charge in [-0.1, -0.05) is 23.2 Å². The van der Waals surface area contributed by atoms with Crippen molar-refractivity contribution >= 4 is 40.7 Å². The Hall–Kier alpha value is -2.34. The first-order valence-electron chi connectivity index (χ1n) is 12.0. The Kier molecular flexibility index (Phi) is 10.6. The summed E-state index contributed by atoms with van der Waals surface area (Å²) in [6.45, 7) is 2.57. The molecular weight excluding hydrogens is 534 g/mol. The number of halogens is 5. The highest BCUT2D eigenvalue weighted by Gasteiger charge is 2.38. The predicted molar refractivity (Wildman–Crippen MR) is 137 cm³/mol. The van der Waals surface area contributed by atoms with E-state index in [4.69, 9.17) is 43.6 Å². The SMILES string of the molecule is NC1CCC(Nc2cc(-c3cc(NCC4CCOCC4)cnc3Cl)c(Cl)cn2)CC1.O=C(O)C(F)(F)F. The first kappa shape index (κ1) is 29.2. The van der Waals surface area contributed by atoms with Crippen molar-refractivity contribution in [2.45, 2.75) is 56.8 Å². The molecule has 0 bridgehead atoms. The van der Waals surface area contributed by atoms with Gasteiger partial charge in [0, 0.05) is 49.2 Å². The summed E-state index contributed by atoms with van der Waals surface area (Å²) in [4.78, 5) is 17.7. The van der Waals surface area contributed by atoms with E-state index in [1.807, 2.05) is 12.1 Å². The van der Waals surface area contributed by atoms with Crippen LogP contribution >= 0.6 is 23.2 Å². The fourth-order valence-corrected chi connectivity index (χ4v) is 4.55. The molecule has 2 fully saturated rings. The topological polar surface area (TPSA) is 122 Å². The molecule has 204 valence electrons. The van der Waals surface area contributed by atoms with E-state index in [1.54, 1.807) is 12.4 Å². The molecule has 13 heteroatoms. The molecule has 2 aromatic heterocycles. The van der Waals surface area contributed by atoms with Crippen LogP contribution in [0.15, 0.2) is 24.5 Å². The number of nitrogens with two attached hydrogens (primary N) is 1. The summed E-state index contributed by atoms with van der Waals surface area (Å²) in [5.41, 5.74) is 8.58. The van der Waals surface area contributed by atoms with E-state index >= 15 is 0 Å². The van der Waals surface area contributed by atoms with E-state index < -0.39 is 12.1 Å². The third-order valence-electron chi connectivity index (χ3n) is 6.29. The molecule has 2 aromatic rings. The van der Waals surface area contributed by atoms with E-state index in [0.29, 0.717) is 28.2 Å². The average Bonchev–Trinajstić information content (AvgIpc) is 2.86. The van der Waals surface area contributed by atoms with Gasteiger partial charge < -0.3 is 26.2 Å². The molecule has 4 rings (SSSR count). The van der Waals surface area contributed by atoms with Gasteiger partial charge >= 0.3 is 12.1 Å². The predicted octanol–water partition coefficient (Wildman–Crippen LogP) is 5.60. The number of carboxylic acid groups (broad SMARTS) is 1. The van der Waals surface area contributed by atoms with Crippen LogP contribution in [0.5, 0.6) is 0 Å². The zero-order valence-electron chi connectivity index (χ0n) is 20.0. The number of carbonyl (C=O) groups is 1. The minimum atomic E-state index is -5.08. The first-order chi connectivity index (χ1) is 17.5. The minimum absolute atomic E-state index is 0.318. The van der Waals surface area contributed by atoms with Crippen LogP contribution in [0.2, 0.25) is 10.2 Å². The fraction of sp³-hybridized carbons (Fsp3) is 0.542. The quantitative estimate of drug-likeness (QED) is 0.335. The summed E-state index contributed by atoms with van der Waals surface area (Å²) in [6.07, 6.45) is 4.69. The van der Waals surface area contributed by atoms with Gasteiger partial charge in [0.05, 0.1) is 16.9 Å². The van der Waals surface area contributed by atoms with E-state index in [9.17, 15) is 13.2 Å². The summed E-state index contributed by atoms with van der Waals surface area (Å²) in [5, 5.41) is 15.1. The van der Waals surface area contributed by atoms with Crippen molar-refractivity contribution in [2.75, 3.05) is 30.4 Å². The van der Waals surface area contributed by atoms with Crippen LogP contribution in [0.4, 0.5) is 24.7 Å². The fourth-order valence-electron chi connectivity index (χ4n) is 4.14. The van der Waals surface area contributed by atoms with Crippen LogP contribution in [0.1, 0.15) is 38.5 Å². The van der Waals surface area contributed by atoms with Gasteiger partial charge in [-0.25, -0.2) is 14.8 Å². The molecule has 0 unspecified atom stereocenters. The lowest BCUT2D eigenvalue weighted by Crippen LogP contribution is -2.33. The molecule has 1 saturated heterocycles. The third kappa shape index (κ3) is 9.17. The number of nitrogens with one attached hydrogen (secondary N) is 2. The number of hydrogen-bond donors (Lipinski definition) is 4. The summed E-state index contributed by atoms with van der Waals surface area (Å²) in [7, 11) is 0. The number of anilines is 2. The van der Waals surface area contributed by atoms with Crippen molar-refractivity contribution in [2.24, 2.45) is 11.7 Å². The van der Waals surface area contributed by atoms with Crippen molar-refractivity contribution in [3.63, 3.8) is 0 Å². The molecule has 37 heavy (non-hydrogen) atoms. The number of pyridine rings is 2. The van der Waals surface area contributed by atoms with Crippen LogP contribution in [-0.2, 0) is 9.53 Å². The number of hydrogen-bond acceptors (Lipinski definition) is 7. The van der Waals surface area contributed by atoms with E-state index in [-0.39, 0.29) is 0 Å². The lowest BCUT2D eigenvalue weighted by atomic mass is 9.92. The summed E-state index contributed by atoms with van der Waals surface area (Å²) in [6, 6.07) is 4.67. The van der Waals surface area contributed by atoms with Crippen LogP contribution in [0, 0.1) is 5.92 Å². The number of aromatic nitrogens is 2. The monoisotopic (exact) mass is 563 g/mol. The smallest absolute Gasteiger partial charge is 0.475 e. The number of rotatable bonds is 6. The maximum atomic E-state index is 10.6. The maximum absolute atomic E-state index is 10.6. The van der Waals surface area contributed by atoms with Crippen LogP contribution in [0.3, 0.4) is 0 Å². The van der Waals surface area contributed by atoms with Crippen molar-refractivity contribution in [1.82, 2.24) is 9.97 Å². The van der Waals surface area contributed by atoms with Crippen molar-refractivity contribution in [3.05, 3.63) is 34.7 Å². The molecule has 1 saturated carbocycles. The third-order valence-corrected chi connectivity index (χ3v) is 6.89. The van der Waals surface area contributed by atoms with Gasteiger partial charge in [0.25, 0.3) is 0 Å². The van der Waals surface area contributed by atoms with Crippen molar-refractivity contribution in [1.29, 1.82) is 0 Å². The molecular formula is C24H30Cl2F3N5O3. The second-order valence-corrected chi connectivity index (χ2v) is 9.87. The molecule has 1 aliphatic carbocycles. The lowest BCUT2D eigenvalue weighted by Gasteiger charge is -2.27. The Balaban J connectivity index is 0.000000479. The Morgan fingerprint density at radius 3 is 2.32 bits per heavy atom.